The Balaban J connectivity index is 2.77. The molecule has 0 unspecified atom stereocenters. The topological polar surface area (TPSA) is 12.0 Å². The molecule has 1 heteroatoms. The number of anilines is 1. The van der Waals surface area contributed by atoms with Gasteiger partial charge in [0.25, 0.3) is 0 Å². The molecule has 0 radical (unpaired) electrons. The van der Waals surface area contributed by atoms with Gasteiger partial charge in [-0.25, -0.2) is 0 Å². The normalized spacial score (nSPS) is 9.83. The fraction of sp³-hybridized carbons (Fsp3) is 0.455. The van der Waals surface area contributed by atoms with Crippen LogP contribution in [0, 0.1) is 0 Å². The average Bonchev–Trinajstić information content (AvgIpc) is 2.09. The molecule has 12 heavy (non-hydrogen) atoms. The molecular formula is C11H17N. The van der Waals surface area contributed by atoms with E-state index in [9.17, 15) is 0 Å². The Bertz CT molecular complexity index is 205. The maximum Gasteiger partial charge on any atom is 0.0372 e. The van der Waals surface area contributed by atoms with E-state index in [1.807, 2.05) is 0 Å². The minimum absolute atomic E-state index is 1.00. The first kappa shape index (κ1) is 9.11. The molecule has 0 saturated carbocycles. The van der Waals surface area contributed by atoms with E-state index in [0.717, 1.165) is 6.54 Å². The van der Waals surface area contributed by atoms with E-state index in [4.69, 9.17) is 0 Å². The summed E-state index contributed by atoms with van der Waals surface area (Å²) >= 11 is 0. The van der Waals surface area contributed by atoms with Crippen LogP contribution in [-0.4, -0.2) is 6.54 Å². The second kappa shape index (κ2) is 4.81. The summed E-state index contributed by atoms with van der Waals surface area (Å²) in [5.74, 6) is 0. The van der Waals surface area contributed by atoms with Gasteiger partial charge in [0, 0.05) is 12.2 Å². The second-order valence-corrected chi connectivity index (χ2v) is 2.94. The maximum absolute atomic E-state index is 3.36. The fourth-order valence-electron chi connectivity index (χ4n) is 1.37. The Kier molecular flexibility index (Phi) is 3.65. The predicted octanol–water partition coefficient (Wildman–Crippen LogP) is 3.07. The summed E-state index contributed by atoms with van der Waals surface area (Å²) in [6.07, 6.45) is 2.38. The average molecular weight is 163 g/mol. The largest absolute Gasteiger partial charge is 0.385 e. The molecule has 1 aromatic rings. The Morgan fingerprint density at radius 1 is 1.17 bits per heavy atom. The molecule has 0 spiro atoms. The van der Waals surface area contributed by atoms with Crippen molar-refractivity contribution >= 4 is 5.69 Å². The van der Waals surface area contributed by atoms with Gasteiger partial charge in [0.15, 0.2) is 0 Å². The highest BCUT2D eigenvalue weighted by molar-refractivity contribution is 5.50. The van der Waals surface area contributed by atoms with Gasteiger partial charge in [-0.3, -0.25) is 0 Å². The summed E-state index contributed by atoms with van der Waals surface area (Å²) in [6.45, 7) is 5.34. The van der Waals surface area contributed by atoms with Crippen LogP contribution in [0.2, 0.25) is 0 Å². The monoisotopic (exact) mass is 163 g/mol. The van der Waals surface area contributed by atoms with Crippen molar-refractivity contribution in [3.8, 4) is 0 Å². The van der Waals surface area contributed by atoms with Crippen molar-refractivity contribution in [2.24, 2.45) is 0 Å². The number of para-hydroxylation sites is 1. The molecule has 1 rings (SSSR count). The van der Waals surface area contributed by atoms with Gasteiger partial charge >= 0.3 is 0 Å². The molecule has 0 amide bonds. The highest BCUT2D eigenvalue weighted by atomic mass is 14.9. The highest BCUT2D eigenvalue weighted by Crippen LogP contribution is 2.15. The van der Waals surface area contributed by atoms with E-state index < -0.39 is 0 Å². The number of rotatable bonds is 4. The third-order valence-electron chi connectivity index (χ3n) is 1.90. The summed E-state index contributed by atoms with van der Waals surface area (Å²) < 4.78 is 0. The molecule has 1 nitrogen and oxygen atoms in total. The number of benzene rings is 1. The first-order valence-corrected chi connectivity index (χ1v) is 4.70. The first-order chi connectivity index (χ1) is 5.88. The second-order valence-electron chi connectivity index (χ2n) is 2.94. The van der Waals surface area contributed by atoms with E-state index >= 15 is 0 Å². The van der Waals surface area contributed by atoms with Crippen molar-refractivity contribution < 1.29 is 0 Å². The molecule has 0 aliphatic heterocycles. The lowest BCUT2D eigenvalue weighted by molar-refractivity contribution is 0.921. The van der Waals surface area contributed by atoms with Gasteiger partial charge in [-0.05, 0) is 25.0 Å². The first-order valence-electron chi connectivity index (χ1n) is 4.70. The van der Waals surface area contributed by atoms with Crippen LogP contribution in [-0.2, 0) is 6.42 Å². The number of aryl methyl sites for hydroxylation is 1. The quantitative estimate of drug-likeness (QED) is 0.719. The fourth-order valence-corrected chi connectivity index (χ4v) is 1.37. The predicted molar refractivity (Wildman–Crippen MR) is 54.6 cm³/mol. The van der Waals surface area contributed by atoms with Gasteiger partial charge in [-0.15, -0.1) is 0 Å². The van der Waals surface area contributed by atoms with E-state index in [1.165, 1.54) is 24.1 Å². The zero-order valence-electron chi connectivity index (χ0n) is 7.93. The molecule has 1 aromatic carbocycles. The summed E-state index contributed by atoms with van der Waals surface area (Å²) in [7, 11) is 0. The lowest BCUT2D eigenvalue weighted by atomic mass is 10.1. The van der Waals surface area contributed by atoms with Crippen LogP contribution < -0.4 is 5.32 Å². The summed E-state index contributed by atoms with van der Waals surface area (Å²) in [5, 5.41) is 3.36. The van der Waals surface area contributed by atoms with Gasteiger partial charge in [-0.2, -0.15) is 0 Å². The molecule has 0 atom stereocenters. The SMILES string of the molecule is CCCc1ccccc1NCC. The number of nitrogens with one attached hydrogen (secondary N) is 1. The molecular weight excluding hydrogens is 146 g/mol. The molecule has 0 heterocycles. The van der Waals surface area contributed by atoms with Crippen LogP contribution in [0.4, 0.5) is 5.69 Å². The van der Waals surface area contributed by atoms with Crippen LogP contribution in [0.15, 0.2) is 24.3 Å². The molecule has 0 bridgehead atoms. The number of hydrogen-bond donors (Lipinski definition) is 1. The lowest BCUT2D eigenvalue weighted by Crippen LogP contribution is -2.00. The van der Waals surface area contributed by atoms with Gasteiger partial charge < -0.3 is 5.32 Å². The van der Waals surface area contributed by atoms with E-state index in [-0.39, 0.29) is 0 Å². The highest BCUT2D eigenvalue weighted by Gasteiger charge is 1.97. The van der Waals surface area contributed by atoms with Crippen LogP contribution >= 0.6 is 0 Å². The Morgan fingerprint density at radius 3 is 2.58 bits per heavy atom. The van der Waals surface area contributed by atoms with Crippen LogP contribution in [0.5, 0.6) is 0 Å². The van der Waals surface area contributed by atoms with Crippen LogP contribution in [0.1, 0.15) is 25.8 Å². The minimum atomic E-state index is 1.00. The van der Waals surface area contributed by atoms with Gasteiger partial charge in [-0.1, -0.05) is 31.5 Å². The van der Waals surface area contributed by atoms with E-state index in [0.29, 0.717) is 0 Å². The molecule has 0 aromatic heterocycles. The van der Waals surface area contributed by atoms with Crippen molar-refractivity contribution in [3.63, 3.8) is 0 Å². The Morgan fingerprint density at radius 2 is 1.92 bits per heavy atom. The Labute approximate surface area is 74.8 Å². The maximum atomic E-state index is 3.36. The van der Waals surface area contributed by atoms with Crippen molar-refractivity contribution in [2.45, 2.75) is 26.7 Å². The third kappa shape index (κ3) is 2.26. The van der Waals surface area contributed by atoms with E-state index in [2.05, 4.69) is 43.4 Å². The molecule has 1 N–H and O–H groups in total. The lowest BCUT2D eigenvalue weighted by Gasteiger charge is -2.08. The summed E-state index contributed by atoms with van der Waals surface area (Å²) in [5.41, 5.74) is 2.73. The smallest absolute Gasteiger partial charge is 0.0372 e. The van der Waals surface area contributed by atoms with Gasteiger partial charge in [0.1, 0.15) is 0 Å². The van der Waals surface area contributed by atoms with Crippen molar-refractivity contribution in [1.29, 1.82) is 0 Å². The standard InChI is InChI=1S/C11H17N/c1-3-7-10-8-5-6-9-11(10)12-4-2/h5-6,8-9,12H,3-4,7H2,1-2H3. The minimum Gasteiger partial charge on any atom is -0.385 e. The van der Waals surface area contributed by atoms with Crippen LogP contribution in [0.3, 0.4) is 0 Å². The summed E-state index contributed by atoms with van der Waals surface area (Å²) in [4.78, 5) is 0. The molecule has 0 fully saturated rings. The van der Waals surface area contributed by atoms with Gasteiger partial charge in [0.2, 0.25) is 0 Å². The molecule has 0 saturated heterocycles. The van der Waals surface area contributed by atoms with Crippen LogP contribution in [0.25, 0.3) is 0 Å². The molecule has 66 valence electrons. The van der Waals surface area contributed by atoms with Crippen molar-refractivity contribution in [3.05, 3.63) is 29.8 Å². The van der Waals surface area contributed by atoms with Crippen molar-refractivity contribution in [1.82, 2.24) is 0 Å². The van der Waals surface area contributed by atoms with E-state index in [1.54, 1.807) is 0 Å². The van der Waals surface area contributed by atoms with Crippen molar-refractivity contribution in [2.75, 3.05) is 11.9 Å². The summed E-state index contributed by atoms with van der Waals surface area (Å²) in [6, 6.07) is 8.53. The number of hydrogen-bond acceptors (Lipinski definition) is 1. The molecule has 0 aliphatic rings. The zero-order chi connectivity index (χ0) is 8.81. The Hall–Kier alpha value is -0.980. The molecule has 0 aliphatic carbocycles. The zero-order valence-corrected chi connectivity index (χ0v) is 7.93. The van der Waals surface area contributed by atoms with Gasteiger partial charge in [0.05, 0.1) is 0 Å². The third-order valence-corrected chi connectivity index (χ3v) is 1.90.